The van der Waals surface area contributed by atoms with E-state index in [2.05, 4.69) is 10.6 Å². The molecule has 1 aliphatic heterocycles. The van der Waals surface area contributed by atoms with Crippen molar-refractivity contribution in [1.29, 1.82) is 0 Å². The lowest BCUT2D eigenvalue weighted by Crippen LogP contribution is -2.48. The highest BCUT2D eigenvalue weighted by atomic mass is 32.2. The Morgan fingerprint density at radius 2 is 2.06 bits per heavy atom. The summed E-state index contributed by atoms with van der Waals surface area (Å²) < 4.78 is 22.7. The summed E-state index contributed by atoms with van der Waals surface area (Å²) in [5, 5.41) is 5.84. The maximum absolute atomic E-state index is 11.5. The lowest BCUT2D eigenvalue weighted by molar-refractivity contribution is -0.120. The van der Waals surface area contributed by atoms with Gasteiger partial charge in [0.25, 0.3) is 0 Å². The van der Waals surface area contributed by atoms with Crippen LogP contribution in [0, 0.1) is 5.92 Å². The minimum Gasteiger partial charge on any atom is -0.355 e. The Balaban J connectivity index is 2.33. The summed E-state index contributed by atoms with van der Waals surface area (Å²) in [5.41, 5.74) is -0.450. The summed E-state index contributed by atoms with van der Waals surface area (Å²) in [6.45, 7) is 6.73. The van der Waals surface area contributed by atoms with Crippen LogP contribution < -0.4 is 10.6 Å². The molecule has 1 unspecified atom stereocenters. The number of carbonyl (C=O) groups is 1. The van der Waals surface area contributed by atoms with Crippen LogP contribution in [0.2, 0.25) is 0 Å². The van der Waals surface area contributed by atoms with Gasteiger partial charge in [0.1, 0.15) is 0 Å². The number of nitrogens with one attached hydrogen (secondary N) is 2. The van der Waals surface area contributed by atoms with Gasteiger partial charge in [-0.05, 0) is 19.3 Å². The largest absolute Gasteiger partial charge is 0.355 e. The molecule has 0 aliphatic carbocycles. The molecular weight excluding hydrogens is 240 g/mol. The van der Waals surface area contributed by atoms with Crippen molar-refractivity contribution >= 4 is 15.7 Å². The first-order chi connectivity index (χ1) is 7.72. The van der Waals surface area contributed by atoms with E-state index in [-0.39, 0.29) is 24.0 Å². The maximum Gasteiger partial charge on any atom is 0.233 e. The van der Waals surface area contributed by atoms with Crippen LogP contribution in [0.3, 0.4) is 0 Å². The smallest absolute Gasteiger partial charge is 0.233 e. The van der Waals surface area contributed by atoms with Crippen LogP contribution in [0.1, 0.15) is 27.2 Å². The van der Waals surface area contributed by atoms with Crippen molar-refractivity contribution in [1.82, 2.24) is 10.6 Å². The molecule has 1 saturated heterocycles. The Kier molecular flexibility index (Phi) is 4.55. The average Bonchev–Trinajstić information content (AvgIpc) is 2.48. The topological polar surface area (TPSA) is 75.3 Å². The van der Waals surface area contributed by atoms with Gasteiger partial charge in [0.2, 0.25) is 5.91 Å². The van der Waals surface area contributed by atoms with Gasteiger partial charge in [0.15, 0.2) is 9.84 Å². The van der Waals surface area contributed by atoms with Crippen LogP contribution in [0.15, 0.2) is 0 Å². The third-order valence-corrected chi connectivity index (χ3v) is 4.79. The van der Waals surface area contributed by atoms with E-state index in [9.17, 15) is 13.2 Å². The number of carbonyl (C=O) groups excluding carboxylic acids is 1. The highest BCUT2D eigenvalue weighted by Crippen LogP contribution is 2.22. The first-order valence-electron chi connectivity index (χ1n) is 5.95. The van der Waals surface area contributed by atoms with Crippen molar-refractivity contribution in [3.63, 3.8) is 0 Å². The highest BCUT2D eigenvalue weighted by Gasteiger charge is 2.38. The summed E-state index contributed by atoms with van der Waals surface area (Å²) in [7, 11) is -2.92. The van der Waals surface area contributed by atoms with Crippen molar-refractivity contribution < 1.29 is 13.2 Å². The lowest BCUT2D eigenvalue weighted by atomic mass is 10.0. The molecule has 5 nitrogen and oxygen atoms in total. The van der Waals surface area contributed by atoms with Gasteiger partial charge in [0.05, 0.1) is 18.1 Å². The molecule has 0 aromatic rings. The van der Waals surface area contributed by atoms with Gasteiger partial charge in [-0.15, -0.1) is 0 Å². The average molecular weight is 262 g/mol. The monoisotopic (exact) mass is 262 g/mol. The Hall–Kier alpha value is -0.620. The molecule has 6 heteroatoms. The van der Waals surface area contributed by atoms with E-state index in [4.69, 9.17) is 0 Å². The van der Waals surface area contributed by atoms with Crippen molar-refractivity contribution in [2.24, 2.45) is 5.92 Å². The number of hydrogen-bond acceptors (Lipinski definition) is 4. The summed E-state index contributed by atoms with van der Waals surface area (Å²) >= 11 is 0. The number of hydrogen-bond donors (Lipinski definition) is 2. The Bertz CT molecular complexity index is 378. The second-order valence-electron chi connectivity index (χ2n) is 5.45. The molecule has 17 heavy (non-hydrogen) atoms. The quantitative estimate of drug-likeness (QED) is 0.727. The zero-order valence-electron chi connectivity index (χ0n) is 10.7. The summed E-state index contributed by atoms with van der Waals surface area (Å²) in [5.74, 6) is 0.673. The molecule has 1 amide bonds. The second-order valence-corrected chi connectivity index (χ2v) is 7.64. The molecule has 2 N–H and O–H groups in total. The van der Waals surface area contributed by atoms with Crippen LogP contribution in [-0.2, 0) is 14.6 Å². The Labute approximate surface area is 103 Å². The number of sulfone groups is 1. The van der Waals surface area contributed by atoms with Gasteiger partial charge < -0.3 is 10.6 Å². The Morgan fingerprint density at radius 3 is 2.53 bits per heavy atom. The van der Waals surface area contributed by atoms with Gasteiger partial charge in [0, 0.05) is 12.1 Å². The van der Waals surface area contributed by atoms with Crippen molar-refractivity contribution in [2.75, 3.05) is 24.6 Å². The Morgan fingerprint density at radius 1 is 1.41 bits per heavy atom. The van der Waals surface area contributed by atoms with Crippen LogP contribution in [0.4, 0.5) is 0 Å². The first kappa shape index (κ1) is 14.4. The number of rotatable bonds is 5. The molecule has 100 valence electrons. The van der Waals surface area contributed by atoms with Crippen LogP contribution >= 0.6 is 0 Å². The third kappa shape index (κ3) is 5.04. The van der Waals surface area contributed by atoms with E-state index < -0.39 is 15.4 Å². The molecular formula is C11H22N2O3S. The highest BCUT2D eigenvalue weighted by molar-refractivity contribution is 7.91. The standard InChI is InChI=1S/C11H22N2O3S/c1-9(2)6-12-10(14)7-13-11(3)4-5-17(15,16)8-11/h9,13H,4-8H2,1-3H3,(H,12,14). The molecule has 0 spiro atoms. The summed E-state index contributed by atoms with van der Waals surface area (Å²) in [6.07, 6.45) is 0.576. The minimum atomic E-state index is -2.92. The molecule has 1 aliphatic rings. The fourth-order valence-corrected chi connectivity index (χ4v) is 3.95. The van der Waals surface area contributed by atoms with Gasteiger partial charge in [-0.2, -0.15) is 0 Å². The lowest BCUT2D eigenvalue weighted by Gasteiger charge is -2.23. The molecule has 0 saturated carbocycles. The van der Waals surface area contributed by atoms with Crippen molar-refractivity contribution in [2.45, 2.75) is 32.7 Å². The van der Waals surface area contributed by atoms with Crippen LogP contribution in [-0.4, -0.2) is 44.5 Å². The fourth-order valence-electron chi connectivity index (χ4n) is 1.82. The SMILES string of the molecule is CC(C)CNC(=O)CNC1(C)CCS(=O)(=O)C1. The number of amides is 1. The molecule has 0 bridgehead atoms. The van der Waals surface area contributed by atoms with E-state index in [1.807, 2.05) is 20.8 Å². The normalized spacial score (nSPS) is 27.3. The van der Waals surface area contributed by atoms with Crippen LogP contribution in [0.5, 0.6) is 0 Å². The molecule has 0 radical (unpaired) electrons. The molecule has 0 aromatic heterocycles. The van der Waals surface area contributed by atoms with Crippen molar-refractivity contribution in [3.05, 3.63) is 0 Å². The predicted molar refractivity (Wildman–Crippen MR) is 67.5 cm³/mol. The predicted octanol–water partition coefficient (Wildman–Crippen LogP) is -0.0746. The zero-order chi connectivity index (χ0) is 13.1. The molecule has 1 rings (SSSR count). The molecule has 1 atom stereocenters. The summed E-state index contributed by atoms with van der Waals surface area (Å²) in [6, 6.07) is 0. The minimum absolute atomic E-state index is 0.0794. The van der Waals surface area contributed by atoms with Crippen molar-refractivity contribution in [3.8, 4) is 0 Å². The second kappa shape index (κ2) is 5.35. The van der Waals surface area contributed by atoms with Gasteiger partial charge in [-0.3, -0.25) is 4.79 Å². The fraction of sp³-hybridized carbons (Fsp3) is 0.909. The van der Waals surface area contributed by atoms with E-state index in [0.29, 0.717) is 18.9 Å². The first-order valence-corrected chi connectivity index (χ1v) is 7.77. The van der Waals surface area contributed by atoms with Gasteiger partial charge in [-0.25, -0.2) is 8.42 Å². The van der Waals surface area contributed by atoms with E-state index in [1.54, 1.807) is 0 Å². The van der Waals surface area contributed by atoms with E-state index in [0.717, 1.165) is 0 Å². The zero-order valence-corrected chi connectivity index (χ0v) is 11.6. The van der Waals surface area contributed by atoms with Gasteiger partial charge in [-0.1, -0.05) is 13.8 Å². The molecule has 1 fully saturated rings. The molecule has 0 aromatic carbocycles. The maximum atomic E-state index is 11.5. The third-order valence-electron chi connectivity index (χ3n) is 2.89. The van der Waals surface area contributed by atoms with Gasteiger partial charge >= 0.3 is 0 Å². The van der Waals surface area contributed by atoms with E-state index in [1.165, 1.54) is 0 Å². The summed E-state index contributed by atoms with van der Waals surface area (Å²) in [4.78, 5) is 11.5. The van der Waals surface area contributed by atoms with Crippen LogP contribution in [0.25, 0.3) is 0 Å². The molecule has 1 heterocycles. The van der Waals surface area contributed by atoms with E-state index >= 15 is 0 Å².